The molecule has 1 aliphatic heterocycles. The number of hydrogen-bond donors (Lipinski definition) is 2. The number of hydrogen-bond acceptors (Lipinski definition) is 6. The van der Waals surface area contributed by atoms with E-state index in [9.17, 15) is 15.0 Å². The topological polar surface area (TPSA) is 79.2 Å². The molecule has 0 aromatic heterocycles. The van der Waals surface area contributed by atoms with Crippen LogP contribution in [-0.2, 0) is 14.3 Å². The first-order valence-corrected chi connectivity index (χ1v) is 6.50. The van der Waals surface area contributed by atoms with Crippen LogP contribution in [-0.4, -0.2) is 55.7 Å². The van der Waals surface area contributed by atoms with Gasteiger partial charge >= 0.3 is 5.97 Å². The Hall–Kier alpha value is -1.63. The van der Waals surface area contributed by atoms with Crippen LogP contribution >= 0.6 is 0 Å². The normalized spacial score (nSPS) is 18.4. The second kappa shape index (κ2) is 6.69. The first-order chi connectivity index (χ1) is 9.63. The summed E-state index contributed by atoms with van der Waals surface area (Å²) in [6, 6.07) is 7.14. The van der Waals surface area contributed by atoms with Crippen LogP contribution in [0.25, 0.3) is 0 Å². The molecule has 1 fully saturated rings. The molecule has 2 unspecified atom stereocenters. The molecule has 1 saturated heterocycles. The average molecular weight is 281 g/mol. The quantitative estimate of drug-likeness (QED) is 0.762. The molecule has 20 heavy (non-hydrogen) atoms. The third-order valence-corrected chi connectivity index (χ3v) is 3.33. The maximum absolute atomic E-state index is 11.3. The van der Waals surface area contributed by atoms with Crippen molar-refractivity contribution >= 4 is 11.7 Å². The Morgan fingerprint density at radius 1 is 1.35 bits per heavy atom. The number of ether oxygens (including phenoxy) is 2. The van der Waals surface area contributed by atoms with Crippen LogP contribution < -0.4 is 4.90 Å². The van der Waals surface area contributed by atoms with Crippen LogP contribution in [0.1, 0.15) is 11.7 Å². The largest absolute Gasteiger partial charge is 0.467 e. The monoisotopic (exact) mass is 281 g/mol. The van der Waals surface area contributed by atoms with Crippen molar-refractivity contribution in [2.24, 2.45) is 0 Å². The summed E-state index contributed by atoms with van der Waals surface area (Å²) in [6.07, 6.45) is -2.89. The highest BCUT2D eigenvalue weighted by Crippen LogP contribution is 2.24. The second-order valence-electron chi connectivity index (χ2n) is 4.61. The Labute approximate surface area is 117 Å². The first-order valence-electron chi connectivity index (χ1n) is 6.50. The van der Waals surface area contributed by atoms with Gasteiger partial charge in [-0.1, -0.05) is 12.1 Å². The number of aliphatic hydroxyl groups is 2. The molecule has 0 amide bonds. The van der Waals surface area contributed by atoms with Crippen molar-refractivity contribution in [3.05, 3.63) is 29.8 Å². The number of esters is 1. The fraction of sp³-hybridized carbons (Fsp3) is 0.500. The molecule has 1 aliphatic rings. The molecule has 1 aromatic rings. The third-order valence-electron chi connectivity index (χ3n) is 3.33. The van der Waals surface area contributed by atoms with Crippen LogP contribution in [0, 0.1) is 0 Å². The smallest absolute Gasteiger partial charge is 0.337 e. The Bertz CT molecular complexity index is 459. The molecular formula is C14H19NO5. The number of carbonyl (C=O) groups is 1. The molecule has 0 bridgehead atoms. The maximum atomic E-state index is 11.3. The molecule has 0 radical (unpaired) electrons. The molecular weight excluding hydrogens is 262 g/mol. The van der Waals surface area contributed by atoms with Gasteiger partial charge < -0.3 is 24.6 Å². The number of methoxy groups -OCH3 is 1. The number of aliphatic hydroxyl groups excluding tert-OH is 2. The fourth-order valence-corrected chi connectivity index (χ4v) is 2.16. The average Bonchev–Trinajstić information content (AvgIpc) is 2.53. The zero-order valence-electron chi connectivity index (χ0n) is 11.4. The van der Waals surface area contributed by atoms with Crippen molar-refractivity contribution in [1.82, 2.24) is 0 Å². The highest BCUT2D eigenvalue weighted by Gasteiger charge is 2.26. The Kier molecular flexibility index (Phi) is 4.94. The van der Waals surface area contributed by atoms with Crippen molar-refractivity contribution in [3.8, 4) is 0 Å². The lowest BCUT2D eigenvalue weighted by atomic mass is 10.0. The summed E-state index contributed by atoms with van der Waals surface area (Å²) in [5.41, 5.74) is 1.41. The second-order valence-corrected chi connectivity index (χ2v) is 4.61. The number of nitrogens with zero attached hydrogens (tertiary/aromatic N) is 1. The summed E-state index contributed by atoms with van der Waals surface area (Å²) in [7, 11) is 1.17. The van der Waals surface area contributed by atoms with Crippen LogP contribution in [0.2, 0.25) is 0 Å². The minimum absolute atomic E-state index is 0.479. The Balaban J connectivity index is 2.14. The first kappa shape index (κ1) is 14.8. The predicted molar refractivity (Wildman–Crippen MR) is 72.5 cm³/mol. The van der Waals surface area contributed by atoms with Crippen molar-refractivity contribution < 1.29 is 24.5 Å². The molecule has 6 heteroatoms. The molecule has 0 saturated carbocycles. The lowest BCUT2D eigenvalue weighted by Crippen LogP contribution is -2.36. The number of anilines is 1. The van der Waals surface area contributed by atoms with Crippen molar-refractivity contribution in [2.75, 3.05) is 38.3 Å². The van der Waals surface area contributed by atoms with E-state index in [1.54, 1.807) is 18.2 Å². The fourth-order valence-electron chi connectivity index (χ4n) is 2.16. The highest BCUT2D eigenvalue weighted by atomic mass is 16.5. The number of benzene rings is 1. The SMILES string of the molecule is COC(=O)C(O)C(O)c1cccc(N2CCOCC2)c1. The molecule has 2 rings (SSSR count). The van der Waals surface area contributed by atoms with Gasteiger partial charge in [0, 0.05) is 18.8 Å². The van der Waals surface area contributed by atoms with Gasteiger partial charge in [-0.3, -0.25) is 0 Å². The highest BCUT2D eigenvalue weighted by molar-refractivity contribution is 5.75. The van der Waals surface area contributed by atoms with Crippen molar-refractivity contribution in [1.29, 1.82) is 0 Å². The minimum Gasteiger partial charge on any atom is -0.467 e. The van der Waals surface area contributed by atoms with E-state index >= 15 is 0 Å². The van der Waals surface area contributed by atoms with Gasteiger partial charge in [-0.25, -0.2) is 4.79 Å². The zero-order valence-corrected chi connectivity index (χ0v) is 11.4. The van der Waals surface area contributed by atoms with Gasteiger partial charge in [-0.05, 0) is 17.7 Å². The number of rotatable bonds is 4. The lowest BCUT2D eigenvalue weighted by Gasteiger charge is -2.29. The molecule has 2 N–H and O–H groups in total. The van der Waals surface area contributed by atoms with Gasteiger partial charge in [0.05, 0.1) is 20.3 Å². The molecule has 6 nitrogen and oxygen atoms in total. The van der Waals surface area contributed by atoms with Crippen molar-refractivity contribution in [3.63, 3.8) is 0 Å². The summed E-state index contributed by atoms with van der Waals surface area (Å²) in [5.74, 6) is -0.853. The van der Waals surface area contributed by atoms with Gasteiger partial charge in [0.25, 0.3) is 0 Å². The van der Waals surface area contributed by atoms with E-state index in [4.69, 9.17) is 4.74 Å². The molecule has 0 aliphatic carbocycles. The summed E-state index contributed by atoms with van der Waals surface area (Å²) < 4.78 is 9.72. The van der Waals surface area contributed by atoms with Gasteiger partial charge in [-0.2, -0.15) is 0 Å². The van der Waals surface area contributed by atoms with E-state index in [1.165, 1.54) is 7.11 Å². The van der Waals surface area contributed by atoms with Gasteiger partial charge in [-0.15, -0.1) is 0 Å². The van der Waals surface area contributed by atoms with Crippen LogP contribution in [0.5, 0.6) is 0 Å². The number of morpholine rings is 1. The van der Waals surface area contributed by atoms with Crippen molar-refractivity contribution in [2.45, 2.75) is 12.2 Å². The van der Waals surface area contributed by atoms with Gasteiger partial charge in [0.15, 0.2) is 6.10 Å². The van der Waals surface area contributed by atoms with E-state index in [1.807, 2.05) is 6.07 Å². The van der Waals surface area contributed by atoms with E-state index < -0.39 is 18.2 Å². The van der Waals surface area contributed by atoms with Gasteiger partial charge in [0.1, 0.15) is 6.10 Å². The predicted octanol–water partition coefficient (Wildman–Crippen LogP) is 0.0905. The van der Waals surface area contributed by atoms with E-state index in [2.05, 4.69) is 9.64 Å². The summed E-state index contributed by atoms with van der Waals surface area (Å²) in [5, 5.41) is 19.7. The van der Waals surface area contributed by atoms with Crippen LogP contribution in [0.3, 0.4) is 0 Å². The standard InChI is InChI=1S/C14H19NO5/c1-19-14(18)13(17)12(16)10-3-2-4-11(9-10)15-5-7-20-8-6-15/h2-4,9,12-13,16-17H,5-8H2,1H3. The molecule has 1 aromatic carbocycles. The minimum atomic E-state index is -1.58. The molecule has 0 spiro atoms. The Morgan fingerprint density at radius 2 is 2.05 bits per heavy atom. The summed E-state index contributed by atoms with van der Waals surface area (Å²) in [6.45, 7) is 2.88. The van der Waals surface area contributed by atoms with E-state index in [0.717, 1.165) is 18.8 Å². The van der Waals surface area contributed by atoms with Crippen LogP contribution in [0.4, 0.5) is 5.69 Å². The maximum Gasteiger partial charge on any atom is 0.337 e. The molecule has 1 heterocycles. The number of carbonyl (C=O) groups excluding carboxylic acids is 1. The molecule has 110 valence electrons. The summed E-state index contributed by atoms with van der Waals surface area (Å²) >= 11 is 0. The van der Waals surface area contributed by atoms with E-state index in [-0.39, 0.29) is 0 Å². The van der Waals surface area contributed by atoms with E-state index in [0.29, 0.717) is 18.8 Å². The van der Waals surface area contributed by atoms with Crippen LogP contribution in [0.15, 0.2) is 24.3 Å². The van der Waals surface area contributed by atoms with Gasteiger partial charge in [0.2, 0.25) is 0 Å². The Morgan fingerprint density at radius 3 is 2.70 bits per heavy atom. The summed E-state index contributed by atoms with van der Waals surface area (Å²) in [4.78, 5) is 13.4. The lowest BCUT2D eigenvalue weighted by molar-refractivity contribution is -0.156. The zero-order chi connectivity index (χ0) is 14.5. The molecule has 2 atom stereocenters. The third kappa shape index (κ3) is 3.27.